The molecule has 0 saturated carbocycles. The molecule has 2 aromatic rings. The molecule has 1 unspecified atom stereocenters. The zero-order chi connectivity index (χ0) is 21.0. The number of amidine groups is 1. The Balaban J connectivity index is 1.78. The van der Waals surface area contributed by atoms with Gasteiger partial charge in [0.1, 0.15) is 5.75 Å². The van der Waals surface area contributed by atoms with Gasteiger partial charge in [0.05, 0.1) is 10.6 Å². The van der Waals surface area contributed by atoms with Crippen molar-refractivity contribution in [2.45, 2.75) is 20.0 Å². The summed E-state index contributed by atoms with van der Waals surface area (Å²) in [5, 5.41) is 12.1. The minimum atomic E-state index is -1.06. The Kier molecular flexibility index (Phi) is 6.13. The average molecular weight is 410 g/mol. The molecule has 2 aromatic carbocycles. The van der Waals surface area contributed by atoms with Crippen LogP contribution < -0.4 is 10.1 Å². The molecule has 1 aliphatic heterocycles. The monoisotopic (exact) mass is 410 g/mol. The fourth-order valence-corrected chi connectivity index (χ4v) is 3.32. The van der Waals surface area contributed by atoms with E-state index < -0.39 is 12.1 Å². The number of carboxylic acid groups (broad SMARTS) is 1. The number of ether oxygens (including phenoxy) is 1. The Labute approximate surface area is 171 Å². The van der Waals surface area contributed by atoms with Gasteiger partial charge in [-0.05, 0) is 61.5 Å². The van der Waals surface area contributed by atoms with Gasteiger partial charge < -0.3 is 15.2 Å². The normalized spacial score (nSPS) is 17.2. The second-order valence-corrected chi connectivity index (χ2v) is 7.29. The molecular formula is C21H18N2O5S. The van der Waals surface area contributed by atoms with Crippen LogP contribution in [0.2, 0.25) is 0 Å². The maximum Gasteiger partial charge on any atom is 0.344 e. The van der Waals surface area contributed by atoms with Crippen LogP contribution in [-0.4, -0.2) is 34.0 Å². The van der Waals surface area contributed by atoms with Crippen LogP contribution in [0.1, 0.15) is 29.8 Å². The van der Waals surface area contributed by atoms with Crippen LogP contribution in [0.5, 0.6) is 5.75 Å². The maximum atomic E-state index is 12.3. The Hall–Kier alpha value is -3.39. The number of carboxylic acids is 1. The van der Waals surface area contributed by atoms with Crippen molar-refractivity contribution in [1.82, 2.24) is 5.32 Å². The molecule has 1 heterocycles. The van der Waals surface area contributed by atoms with E-state index in [9.17, 15) is 14.4 Å². The summed E-state index contributed by atoms with van der Waals surface area (Å²) in [6.45, 7) is 2.92. The summed E-state index contributed by atoms with van der Waals surface area (Å²) in [4.78, 5) is 39.5. The third kappa shape index (κ3) is 5.32. The molecule has 1 saturated heterocycles. The Bertz CT molecular complexity index is 1040. The smallest absolute Gasteiger partial charge is 0.344 e. The van der Waals surface area contributed by atoms with Crippen molar-refractivity contribution in [3.8, 4) is 5.75 Å². The second kappa shape index (κ2) is 8.74. The number of benzene rings is 2. The van der Waals surface area contributed by atoms with Gasteiger partial charge in [-0.2, -0.15) is 0 Å². The number of nitrogens with zero attached hydrogens (tertiary/aromatic N) is 1. The number of ketones is 1. The summed E-state index contributed by atoms with van der Waals surface area (Å²) < 4.78 is 5.35. The lowest BCUT2D eigenvalue weighted by Gasteiger charge is -2.10. The van der Waals surface area contributed by atoms with Gasteiger partial charge in [-0.1, -0.05) is 24.3 Å². The first-order valence-electron chi connectivity index (χ1n) is 8.72. The van der Waals surface area contributed by atoms with Gasteiger partial charge in [0.2, 0.25) is 0 Å². The van der Waals surface area contributed by atoms with E-state index >= 15 is 0 Å². The fraction of sp³-hybridized carbons (Fsp3) is 0.143. The highest BCUT2D eigenvalue weighted by molar-refractivity contribution is 8.18. The highest BCUT2D eigenvalue weighted by atomic mass is 32.2. The largest absolute Gasteiger partial charge is 0.479 e. The van der Waals surface area contributed by atoms with Crippen molar-refractivity contribution < 1.29 is 24.2 Å². The predicted molar refractivity (Wildman–Crippen MR) is 111 cm³/mol. The standard InChI is InChI=1S/C21H18N2O5S/c1-12(24)15-6-4-7-16(11-15)22-21-23-19(25)18(29-21)10-14-5-3-8-17(9-14)28-13(2)20(26)27/h3-11,13H,1-2H3,(H,26,27)(H,22,23,25)/b18-10+. The van der Waals surface area contributed by atoms with Crippen LogP contribution in [0.15, 0.2) is 58.4 Å². The first-order chi connectivity index (χ1) is 13.8. The molecule has 1 amide bonds. The first-order valence-corrected chi connectivity index (χ1v) is 9.53. The SMILES string of the molecule is CC(=O)c1cccc(N=C2NC(=O)/C(=C\c3cccc(OC(C)C(=O)O)c3)S2)c1. The van der Waals surface area contributed by atoms with Crippen LogP contribution in [0, 0.1) is 0 Å². The summed E-state index contributed by atoms with van der Waals surface area (Å²) >= 11 is 1.18. The number of thioether (sulfide) groups is 1. The maximum absolute atomic E-state index is 12.3. The van der Waals surface area contributed by atoms with Crippen molar-refractivity contribution >= 4 is 46.4 Å². The minimum absolute atomic E-state index is 0.0601. The molecule has 1 aliphatic rings. The average Bonchev–Trinajstić information content (AvgIpc) is 3.01. The number of nitrogens with one attached hydrogen (secondary N) is 1. The number of hydrogen-bond donors (Lipinski definition) is 2. The molecule has 7 nitrogen and oxygen atoms in total. The molecule has 0 bridgehead atoms. The number of carbonyl (C=O) groups excluding carboxylic acids is 2. The van der Waals surface area contributed by atoms with E-state index in [0.29, 0.717) is 32.6 Å². The number of aliphatic imine (C=N–C) groups is 1. The van der Waals surface area contributed by atoms with E-state index in [1.54, 1.807) is 54.6 Å². The number of rotatable bonds is 6. The lowest BCUT2D eigenvalue weighted by Crippen LogP contribution is -2.22. The topological polar surface area (TPSA) is 105 Å². The van der Waals surface area contributed by atoms with Crippen LogP contribution in [0.25, 0.3) is 6.08 Å². The lowest BCUT2D eigenvalue weighted by molar-refractivity contribution is -0.144. The molecule has 0 radical (unpaired) electrons. The zero-order valence-electron chi connectivity index (χ0n) is 15.7. The molecule has 148 valence electrons. The van der Waals surface area contributed by atoms with E-state index in [1.807, 2.05) is 0 Å². The van der Waals surface area contributed by atoms with Crippen molar-refractivity contribution in [1.29, 1.82) is 0 Å². The highest BCUT2D eigenvalue weighted by Gasteiger charge is 2.24. The van der Waals surface area contributed by atoms with E-state index in [0.717, 1.165) is 0 Å². The molecule has 1 fully saturated rings. The molecule has 0 aromatic heterocycles. The predicted octanol–water partition coefficient (Wildman–Crippen LogP) is 3.63. The molecule has 29 heavy (non-hydrogen) atoms. The van der Waals surface area contributed by atoms with Gasteiger partial charge in [-0.3, -0.25) is 9.59 Å². The molecular weight excluding hydrogens is 392 g/mol. The fourth-order valence-electron chi connectivity index (χ4n) is 2.48. The summed E-state index contributed by atoms with van der Waals surface area (Å²) in [5.41, 5.74) is 1.81. The van der Waals surface area contributed by atoms with E-state index in [-0.39, 0.29) is 11.7 Å². The molecule has 3 rings (SSSR count). The Morgan fingerprint density at radius 3 is 2.69 bits per heavy atom. The summed E-state index contributed by atoms with van der Waals surface area (Å²) in [6, 6.07) is 13.7. The van der Waals surface area contributed by atoms with Crippen LogP contribution in [0.3, 0.4) is 0 Å². The van der Waals surface area contributed by atoms with Gasteiger partial charge in [0.25, 0.3) is 5.91 Å². The van der Waals surface area contributed by atoms with Crippen LogP contribution >= 0.6 is 11.8 Å². The second-order valence-electron chi connectivity index (χ2n) is 6.26. The first kappa shape index (κ1) is 20.3. The Morgan fingerprint density at radius 2 is 1.97 bits per heavy atom. The van der Waals surface area contributed by atoms with Gasteiger partial charge in [0.15, 0.2) is 17.1 Å². The van der Waals surface area contributed by atoms with Crippen molar-refractivity contribution in [3.63, 3.8) is 0 Å². The van der Waals surface area contributed by atoms with E-state index in [4.69, 9.17) is 9.84 Å². The number of Topliss-reactive ketones (excluding diaryl/α,β-unsaturated/α-hetero) is 1. The van der Waals surface area contributed by atoms with Crippen molar-refractivity contribution in [2.75, 3.05) is 0 Å². The zero-order valence-corrected chi connectivity index (χ0v) is 16.5. The summed E-state index contributed by atoms with van der Waals surface area (Å²) in [6.07, 6.45) is 0.693. The van der Waals surface area contributed by atoms with Crippen molar-refractivity contribution in [3.05, 3.63) is 64.6 Å². The third-order valence-corrected chi connectivity index (χ3v) is 4.86. The van der Waals surface area contributed by atoms with Gasteiger partial charge in [-0.15, -0.1) is 0 Å². The van der Waals surface area contributed by atoms with Crippen LogP contribution in [-0.2, 0) is 9.59 Å². The number of amides is 1. The highest BCUT2D eigenvalue weighted by Crippen LogP contribution is 2.29. The quantitative estimate of drug-likeness (QED) is 0.557. The van der Waals surface area contributed by atoms with E-state index in [1.165, 1.54) is 25.6 Å². The third-order valence-electron chi connectivity index (χ3n) is 3.95. The van der Waals surface area contributed by atoms with Gasteiger partial charge in [0, 0.05) is 5.56 Å². The summed E-state index contributed by atoms with van der Waals surface area (Å²) in [5.74, 6) is -1.02. The molecule has 1 atom stereocenters. The van der Waals surface area contributed by atoms with Crippen molar-refractivity contribution in [2.24, 2.45) is 4.99 Å². The molecule has 2 N–H and O–H groups in total. The summed E-state index contributed by atoms with van der Waals surface area (Å²) in [7, 11) is 0. The minimum Gasteiger partial charge on any atom is -0.479 e. The number of aliphatic carboxylic acids is 1. The van der Waals surface area contributed by atoms with Crippen LogP contribution in [0.4, 0.5) is 5.69 Å². The van der Waals surface area contributed by atoms with E-state index in [2.05, 4.69) is 10.3 Å². The Morgan fingerprint density at radius 1 is 1.21 bits per heavy atom. The van der Waals surface area contributed by atoms with Gasteiger partial charge in [-0.25, -0.2) is 9.79 Å². The lowest BCUT2D eigenvalue weighted by atomic mass is 10.1. The molecule has 0 aliphatic carbocycles. The molecule has 0 spiro atoms. The number of hydrogen-bond acceptors (Lipinski definition) is 6. The molecule has 8 heteroatoms. The number of carbonyl (C=O) groups is 3. The van der Waals surface area contributed by atoms with Gasteiger partial charge >= 0.3 is 5.97 Å².